The molecule has 0 saturated heterocycles. The molecule has 0 atom stereocenters. The summed E-state index contributed by atoms with van der Waals surface area (Å²) < 4.78 is 26.8. The monoisotopic (exact) mass is 358 g/mol. The molecule has 1 aliphatic rings. The van der Waals surface area contributed by atoms with Crippen LogP contribution in [0.1, 0.15) is 30.9 Å². The average molecular weight is 358 g/mol. The minimum atomic E-state index is -1.21. The predicted molar refractivity (Wildman–Crippen MR) is 95.8 cm³/mol. The standard InChI is InChI=1S/C20H20F2N2O2/c1-3-13-6-4-5-12(2)17(13)24-19(26)20(9-10-20)18(25)23-16-8-7-14(21)11-15(16)22/h4-8,11H,3,9-10H2,1-2H3,(H,23,25)(H,24,26). The Hall–Kier alpha value is -2.76. The minimum absolute atomic E-state index is 0.138. The van der Waals surface area contributed by atoms with Gasteiger partial charge in [0.2, 0.25) is 11.8 Å². The maximum Gasteiger partial charge on any atom is 0.240 e. The Morgan fingerprint density at radius 2 is 1.77 bits per heavy atom. The highest BCUT2D eigenvalue weighted by Crippen LogP contribution is 2.48. The molecule has 3 rings (SSSR count). The lowest BCUT2D eigenvalue weighted by Gasteiger charge is -2.18. The van der Waals surface area contributed by atoms with Gasteiger partial charge in [-0.2, -0.15) is 0 Å². The smallest absolute Gasteiger partial charge is 0.240 e. The maximum atomic E-state index is 13.8. The molecule has 26 heavy (non-hydrogen) atoms. The highest BCUT2D eigenvalue weighted by Gasteiger charge is 2.56. The van der Waals surface area contributed by atoms with Crippen LogP contribution in [0, 0.1) is 24.0 Å². The summed E-state index contributed by atoms with van der Waals surface area (Å²) in [6.07, 6.45) is 1.53. The summed E-state index contributed by atoms with van der Waals surface area (Å²) in [5.74, 6) is -2.58. The molecule has 1 aliphatic carbocycles. The first-order valence-electron chi connectivity index (χ1n) is 8.54. The molecule has 0 heterocycles. The molecule has 2 amide bonds. The van der Waals surface area contributed by atoms with Crippen molar-refractivity contribution >= 4 is 23.2 Å². The van der Waals surface area contributed by atoms with Gasteiger partial charge >= 0.3 is 0 Å². The Labute approximate surface area is 150 Å². The Balaban J connectivity index is 1.78. The Bertz CT molecular complexity index is 876. The fourth-order valence-corrected chi connectivity index (χ4v) is 2.95. The second-order valence-corrected chi connectivity index (χ2v) is 6.58. The Morgan fingerprint density at radius 1 is 1.08 bits per heavy atom. The number of carbonyl (C=O) groups is 2. The molecule has 2 aromatic carbocycles. The van der Waals surface area contributed by atoms with E-state index >= 15 is 0 Å². The molecule has 2 aromatic rings. The second kappa shape index (κ2) is 6.86. The van der Waals surface area contributed by atoms with Crippen LogP contribution >= 0.6 is 0 Å². The lowest BCUT2D eigenvalue weighted by atomic mass is 10.0. The molecule has 6 heteroatoms. The Kier molecular flexibility index (Phi) is 4.76. The van der Waals surface area contributed by atoms with Crippen LogP contribution < -0.4 is 10.6 Å². The normalized spacial score (nSPS) is 14.6. The van der Waals surface area contributed by atoms with Gasteiger partial charge in [-0.15, -0.1) is 0 Å². The van der Waals surface area contributed by atoms with Crippen molar-refractivity contribution in [2.75, 3.05) is 10.6 Å². The van der Waals surface area contributed by atoms with E-state index in [-0.39, 0.29) is 5.69 Å². The van der Waals surface area contributed by atoms with Crippen LogP contribution in [0.15, 0.2) is 36.4 Å². The molecule has 0 spiro atoms. The van der Waals surface area contributed by atoms with Crippen LogP contribution in [0.3, 0.4) is 0 Å². The fourth-order valence-electron chi connectivity index (χ4n) is 2.95. The van der Waals surface area contributed by atoms with Gasteiger partial charge < -0.3 is 10.6 Å². The van der Waals surface area contributed by atoms with Crippen LogP contribution in [0.5, 0.6) is 0 Å². The zero-order chi connectivity index (χ0) is 18.9. The zero-order valence-corrected chi connectivity index (χ0v) is 14.7. The van der Waals surface area contributed by atoms with E-state index in [4.69, 9.17) is 0 Å². The number of anilines is 2. The van der Waals surface area contributed by atoms with Crippen molar-refractivity contribution in [3.63, 3.8) is 0 Å². The van der Waals surface area contributed by atoms with Gasteiger partial charge in [-0.3, -0.25) is 9.59 Å². The molecule has 0 radical (unpaired) electrons. The van der Waals surface area contributed by atoms with E-state index in [1.54, 1.807) is 0 Å². The number of halogens is 2. The van der Waals surface area contributed by atoms with Crippen molar-refractivity contribution < 1.29 is 18.4 Å². The quantitative estimate of drug-likeness (QED) is 0.788. The first kappa shape index (κ1) is 18.0. The van der Waals surface area contributed by atoms with Gasteiger partial charge in [0.05, 0.1) is 5.69 Å². The van der Waals surface area contributed by atoms with Gasteiger partial charge in [-0.1, -0.05) is 25.1 Å². The fraction of sp³-hybridized carbons (Fsp3) is 0.300. The Morgan fingerprint density at radius 3 is 2.38 bits per heavy atom. The third kappa shape index (κ3) is 3.31. The summed E-state index contributed by atoms with van der Waals surface area (Å²) in [5.41, 5.74) is 1.26. The molecule has 1 fully saturated rings. The lowest BCUT2D eigenvalue weighted by Crippen LogP contribution is -2.36. The summed E-state index contributed by atoms with van der Waals surface area (Å²) >= 11 is 0. The van der Waals surface area contributed by atoms with Crippen LogP contribution in [0.4, 0.5) is 20.2 Å². The van der Waals surface area contributed by atoms with Gasteiger partial charge in [0.15, 0.2) is 0 Å². The number of hydrogen-bond acceptors (Lipinski definition) is 2. The van der Waals surface area contributed by atoms with Crippen LogP contribution in [0.2, 0.25) is 0 Å². The summed E-state index contributed by atoms with van der Waals surface area (Å²) in [5, 5.41) is 5.28. The molecule has 4 nitrogen and oxygen atoms in total. The number of benzene rings is 2. The summed E-state index contributed by atoms with van der Waals surface area (Å²) in [6, 6.07) is 8.63. The predicted octanol–water partition coefficient (Wildman–Crippen LogP) is 4.19. The average Bonchev–Trinajstić information content (AvgIpc) is 3.41. The van der Waals surface area contributed by atoms with E-state index in [9.17, 15) is 18.4 Å². The van der Waals surface area contributed by atoms with E-state index in [1.807, 2.05) is 32.0 Å². The van der Waals surface area contributed by atoms with Crippen molar-refractivity contribution in [2.24, 2.45) is 5.41 Å². The lowest BCUT2D eigenvalue weighted by molar-refractivity contribution is -0.131. The van der Waals surface area contributed by atoms with Crippen LogP contribution in [0.25, 0.3) is 0 Å². The van der Waals surface area contributed by atoms with Gasteiger partial charge in [-0.05, 0) is 49.4 Å². The van der Waals surface area contributed by atoms with E-state index in [1.165, 1.54) is 0 Å². The van der Waals surface area contributed by atoms with Crippen molar-refractivity contribution in [1.82, 2.24) is 0 Å². The number of rotatable bonds is 5. The number of hydrogen-bond donors (Lipinski definition) is 2. The first-order chi connectivity index (χ1) is 12.4. The molecule has 0 bridgehead atoms. The SMILES string of the molecule is CCc1cccc(C)c1NC(=O)C1(C(=O)Nc2ccc(F)cc2F)CC1. The van der Waals surface area contributed by atoms with Gasteiger partial charge in [0, 0.05) is 11.8 Å². The summed E-state index contributed by atoms with van der Waals surface area (Å²) in [4.78, 5) is 25.3. The van der Waals surface area contributed by atoms with Crippen molar-refractivity contribution in [3.8, 4) is 0 Å². The van der Waals surface area contributed by atoms with Crippen molar-refractivity contribution in [1.29, 1.82) is 0 Å². The number of amides is 2. The van der Waals surface area contributed by atoms with E-state index in [0.29, 0.717) is 24.6 Å². The van der Waals surface area contributed by atoms with E-state index < -0.39 is 28.9 Å². The van der Waals surface area contributed by atoms with Crippen molar-refractivity contribution in [2.45, 2.75) is 33.1 Å². The molecule has 2 N–H and O–H groups in total. The van der Waals surface area contributed by atoms with E-state index in [0.717, 1.165) is 29.7 Å². The number of carbonyl (C=O) groups excluding carboxylic acids is 2. The first-order valence-corrected chi connectivity index (χ1v) is 8.54. The molecule has 0 aliphatic heterocycles. The molecule has 1 saturated carbocycles. The third-order valence-corrected chi connectivity index (χ3v) is 4.78. The molecular weight excluding hydrogens is 338 g/mol. The topological polar surface area (TPSA) is 58.2 Å². The molecular formula is C20H20F2N2O2. The number of nitrogens with one attached hydrogen (secondary N) is 2. The van der Waals surface area contributed by atoms with Crippen LogP contribution in [-0.2, 0) is 16.0 Å². The second-order valence-electron chi connectivity index (χ2n) is 6.58. The molecule has 0 aromatic heterocycles. The maximum absolute atomic E-state index is 13.8. The van der Waals surface area contributed by atoms with Gasteiger partial charge in [0.25, 0.3) is 0 Å². The molecule has 0 unspecified atom stereocenters. The highest BCUT2D eigenvalue weighted by molar-refractivity contribution is 6.17. The number of aryl methyl sites for hydroxylation is 2. The number of para-hydroxylation sites is 1. The van der Waals surface area contributed by atoms with Gasteiger partial charge in [0.1, 0.15) is 17.0 Å². The van der Waals surface area contributed by atoms with E-state index in [2.05, 4.69) is 10.6 Å². The van der Waals surface area contributed by atoms with Crippen LogP contribution in [-0.4, -0.2) is 11.8 Å². The summed E-state index contributed by atoms with van der Waals surface area (Å²) in [7, 11) is 0. The van der Waals surface area contributed by atoms with Crippen molar-refractivity contribution in [3.05, 3.63) is 59.2 Å². The summed E-state index contributed by atoms with van der Waals surface area (Å²) in [6.45, 7) is 3.88. The van der Waals surface area contributed by atoms with Gasteiger partial charge in [-0.25, -0.2) is 8.78 Å². The highest BCUT2D eigenvalue weighted by atomic mass is 19.1. The third-order valence-electron chi connectivity index (χ3n) is 4.78. The zero-order valence-electron chi connectivity index (χ0n) is 14.7. The largest absolute Gasteiger partial charge is 0.325 e. The molecule has 136 valence electrons. The minimum Gasteiger partial charge on any atom is -0.325 e.